The maximum atomic E-state index is 12.5. The second-order valence-electron chi connectivity index (χ2n) is 6.13. The summed E-state index contributed by atoms with van der Waals surface area (Å²) in [6.07, 6.45) is -3.01. The zero-order valence-corrected chi connectivity index (χ0v) is 16.8. The lowest BCUT2D eigenvalue weighted by atomic mass is 10.1. The number of halogens is 4. The first-order valence-electron chi connectivity index (χ1n) is 8.48. The van der Waals surface area contributed by atoms with Gasteiger partial charge < -0.3 is 0 Å². The molecule has 3 aromatic carbocycles. The molecule has 0 fully saturated rings. The van der Waals surface area contributed by atoms with Crippen molar-refractivity contribution in [3.8, 4) is 0 Å². The second kappa shape index (κ2) is 8.76. The predicted molar refractivity (Wildman–Crippen MR) is 111 cm³/mol. The fourth-order valence-corrected chi connectivity index (χ4v) is 3.56. The Kier molecular flexibility index (Phi) is 6.33. The number of nitrogens with one attached hydrogen (secondary N) is 2. The maximum absolute atomic E-state index is 12.5. The van der Waals surface area contributed by atoms with Crippen molar-refractivity contribution in [2.24, 2.45) is 5.10 Å². The number of rotatable bonds is 6. The van der Waals surface area contributed by atoms with E-state index in [1.807, 2.05) is 0 Å². The van der Waals surface area contributed by atoms with Gasteiger partial charge in [0.2, 0.25) is 0 Å². The zero-order chi connectivity index (χ0) is 21.8. The summed E-state index contributed by atoms with van der Waals surface area (Å²) in [6.45, 7) is 0. The van der Waals surface area contributed by atoms with Crippen LogP contribution in [0.25, 0.3) is 0 Å². The van der Waals surface area contributed by atoms with Gasteiger partial charge in [0, 0.05) is 10.7 Å². The van der Waals surface area contributed by atoms with Gasteiger partial charge in [-0.15, -0.1) is 0 Å². The largest absolute Gasteiger partial charge is 0.416 e. The molecule has 0 unspecified atom stereocenters. The van der Waals surface area contributed by atoms with Gasteiger partial charge >= 0.3 is 6.18 Å². The molecule has 0 radical (unpaired) electrons. The maximum Gasteiger partial charge on any atom is 0.416 e. The highest BCUT2D eigenvalue weighted by Gasteiger charge is 2.29. The third-order valence-corrected chi connectivity index (χ3v) is 5.56. The highest BCUT2D eigenvalue weighted by atomic mass is 35.5. The van der Waals surface area contributed by atoms with Crippen LogP contribution in [0, 0.1) is 0 Å². The first-order chi connectivity index (χ1) is 14.1. The summed E-state index contributed by atoms with van der Waals surface area (Å²) < 4.78 is 64.8. The number of hydrogen-bond donors (Lipinski definition) is 2. The molecule has 3 aromatic rings. The van der Waals surface area contributed by atoms with Crippen molar-refractivity contribution in [3.05, 3.63) is 88.9 Å². The van der Waals surface area contributed by atoms with E-state index in [0.29, 0.717) is 22.0 Å². The number of anilines is 2. The minimum Gasteiger partial charge on any atom is -0.280 e. The molecule has 5 nitrogen and oxygen atoms in total. The summed E-state index contributed by atoms with van der Waals surface area (Å²) in [5.41, 5.74) is 3.39. The average molecular weight is 454 g/mol. The molecule has 0 aromatic heterocycles. The highest BCUT2D eigenvalue weighted by Crippen LogP contribution is 2.29. The summed E-state index contributed by atoms with van der Waals surface area (Å²) >= 11 is 5.77. The lowest BCUT2D eigenvalue weighted by molar-refractivity contribution is -0.137. The molecule has 30 heavy (non-hydrogen) atoms. The highest BCUT2D eigenvalue weighted by molar-refractivity contribution is 7.92. The Hall–Kier alpha value is -3.04. The molecule has 2 N–H and O–H groups in total. The lowest BCUT2D eigenvalue weighted by Crippen LogP contribution is -2.12. The van der Waals surface area contributed by atoms with Crippen molar-refractivity contribution in [1.82, 2.24) is 0 Å². The number of hydrogen-bond acceptors (Lipinski definition) is 4. The normalized spacial score (nSPS) is 12.1. The standard InChI is InChI=1S/C20H15ClF3N3O2S/c21-16-5-11-19(12-6-16)30(28,29)27-18-9-7-17(8-10-18)26-25-13-14-1-3-15(4-2-14)20(22,23)24/h1-13,26-27H/b25-13+. The van der Waals surface area contributed by atoms with Gasteiger partial charge in [-0.25, -0.2) is 8.42 Å². The first kappa shape index (κ1) is 21.7. The number of alkyl halides is 3. The summed E-state index contributed by atoms with van der Waals surface area (Å²) in [6, 6.07) is 16.6. The Morgan fingerprint density at radius 1 is 0.833 bits per heavy atom. The van der Waals surface area contributed by atoms with Crippen LogP contribution in [0.3, 0.4) is 0 Å². The van der Waals surface area contributed by atoms with Crippen molar-refractivity contribution >= 4 is 39.2 Å². The smallest absolute Gasteiger partial charge is 0.280 e. The van der Waals surface area contributed by atoms with E-state index in [2.05, 4.69) is 15.2 Å². The number of sulfonamides is 1. The predicted octanol–water partition coefficient (Wildman–Crippen LogP) is 5.61. The van der Waals surface area contributed by atoms with E-state index >= 15 is 0 Å². The van der Waals surface area contributed by atoms with E-state index < -0.39 is 21.8 Å². The molecular formula is C20H15ClF3N3O2S. The van der Waals surface area contributed by atoms with E-state index in [9.17, 15) is 21.6 Å². The monoisotopic (exact) mass is 453 g/mol. The zero-order valence-electron chi connectivity index (χ0n) is 15.2. The molecule has 0 aliphatic carbocycles. The van der Waals surface area contributed by atoms with Crippen LogP contribution in [0.1, 0.15) is 11.1 Å². The molecule has 0 saturated carbocycles. The minimum absolute atomic E-state index is 0.0789. The van der Waals surface area contributed by atoms with Crippen LogP contribution in [-0.2, 0) is 16.2 Å². The molecule has 3 rings (SSSR count). The van der Waals surface area contributed by atoms with Gasteiger partial charge in [0.25, 0.3) is 10.0 Å². The lowest BCUT2D eigenvalue weighted by Gasteiger charge is -2.09. The number of hydrazone groups is 1. The van der Waals surface area contributed by atoms with Crippen molar-refractivity contribution in [1.29, 1.82) is 0 Å². The van der Waals surface area contributed by atoms with Gasteiger partial charge in [0.1, 0.15) is 0 Å². The SMILES string of the molecule is O=S(=O)(Nc1ccc(N/N=C/c2ccc(C(F)(F)F)cc2)cc1)c1ccc(Cl)cc1. The average Bonchev–Trinajstić information content (AvgIpc) is 2.69. The summed E-state index contributed by atoms with van der Waals surface area (Å²) in [4.78, 5) is 0.0789. The van der Waals surface area contributed by atoms with Crippen LogP contribution < -0.4 is 10.1 Å². The number of nitrogens with zero attached hydrogens (tertiary/aromatic N) is 1. The molecule has 0 aliphatic heterocycles. The molecule has 10 heteroatoms. The Morgan fingerprint density at radius 2 is 1.40 bits per heavy atom. The van der Waals surface area contributed by atoms with Crippen molar-refractivity contribution in [3.63, 3.8) is 0 Å². The molecule has 0 saturated heterocycles. The summed E-state index contributed by atoms with van der Waals surface area (Å²) in [5.74, 6) is 0. The second-order valence-corrected chi connectivity index (χ2v) is 8.25. The van der Waals surface area contributed by atoms with Gasteiger partial charge in [-0.3, -0.25) is 10.1 Å². The first-order valence-corrected chi connectivity index (χ1v) is 10.3. The molecule has 156 valence electrons. The Bertz CT molecular complexity index is 1130. The van der Waals surface area contributed by atoms with Crippen molar-refractivity contribution < 1.29 is 21.6 Å². The Morgan fingerprint density at radius 3 is 1.97 bits per heavy atom. The Balaban J connectivity index is 1.60. The third-order valence-electron chi connectivity index (χ3n) is 3.91. The molecular weight excluding hydrogens is 439 g/mol. The van der Waals surface area contributed by atoms with Crippen LogP contribution >= 0.6 is 11.6 Å². The van der Waals surface area contributed by atoms with Crippen LogP contribution in [0.15, 0.2) is 82.8 Å². The molecule has 0 heterocycles. The van der Waals surface area contributed by atoms with Crippen molar-refractivity contribution in [2.45, 2.75) is 11.1 Å². The van der Waals surface area contributed by atoms with Crippen LogP contribution in [0.5, 0.6) is 0 Å². The van der Waals surface area contributed by atoms with Crippen LogP contribution in [0.4, 0.5) is 24.5 Å². The number of benzene rings is 3. The quantitative estimate of drug-likeness (QED) is 0.376. The van der Waals surface area contributed by atoms with E-state index in [-0.39, 0.29) is 4.90 Å². The van der Waals surface area contributed by atoms with Gasteiger partial charge in [-0.05, 0) is 66.2 Å². The minimum atomic E-state index is -4.38. The molecule has 0 amide bonds. The van der Waals surface area contributed by atoms with Crippen molar-refractivity contribution in [2.75, 3.05) is 10.1 Å². The van der Waals surface area contributed by atoms with E-state index in [4.69, 9.17) is 11.6 Å². The fraction of sp³-hybridized carbons (Fsp3) is 0.0500. The third kappa shape index (κ3) is 5.74. The van der Waals surface area contributed by atoms with Gasteiger partial charge in [0.05, 0.1) is 22.4 Å². The van der Waals surface area contributed by atoms with Crippen LogP contribution in [-0.4, -0.2) is 14.6 Å². The molecule has 0 bridgehead atoms. The van der Waals surface area contributed by atoms with E-state index in [1.165, 1.54) is 42.6 Å². The van der Waals surface area contributed by atoms with E-state index in [1.54, 1.807) is 24.3 Å². The molecule has 0 atom stereocenters. The summed E-state index contributed by atoms with van der Waals surface area (Å²) in [5, 5.41) is 4.39. The topological polar surface area (TPSA) is 70.6 Å². The van der Waals surface area contributed by atoms with Gasteiger partial charge in [0.15, 0.2) is 0 Å². The summed E-state index contributed by atoms with van der Waals surface area (Å²) in [7, 11) is -3.75. The molecule has 0 aliphatic rings. The fourth-order valence-electron chi connectivity index (χ4n) is 2.38. The Labute approximate surface area is 176 Å². The molecule has 0 spiro atoms. The van der Waals surface area contributed by atoms with Gasteiger partial charge in [-0.2, -0.15) is 18.3 Å². The van der Waals surface area contributed by atoms with Crippen LogP contribution in [0.2, 0.25) is 5.02 Å². The van der Waals surface area contributed by atoms with E-state index in [0.717, 1.165) is 12.1 Å². The van der Waals surface area contributed by atoms with Gasteiger partial charge in [-0.1, -0.05) is 23.7 Å².